The number of likely N-dealkylation sites (tertiary alicyclic amines) is 1. The molecular formula is C13H22N4OS. The van der Waals surface area contributed by atoms with Gasteiger partial charge in [0.2, 0.25) is 0 Å². The first-order valence-electron chi connectivity index (χ1n) is 6.64. The van der Waals surface area contributed by atoms with Gasteiger partial charge in [-0.15, -0.1) is 0 Å². The summed E-state index contributed by atoms with van der Waals surface area (Å²) in [6.45, 7) is 4.64. The molecule has 1 aromatic rings. The molecule has 0 unspecified atom stereocenters. The van der Waals surface area contributed by atoms with Gasteiger partial charge in [-0.25, -0.2) is 4.98 Å². The van der Waals surface area contributed by atoms with Crippen LogP contribution in [0.15, 0.2) is 0 Å². The molecule has 1 aliphatic rings. The molecule has 0 radical (unpaired) electrons. The third-order valence-corrected chi connectivity index (χ3v) is 4.51. The van der Waals surface area contributed by atoms with E-state index in [-0.39, 0.29) is 5.91 Å². The number of carbonyl (C=O) groups is 1. The first-order chi connectivity index (χ1) is 8.97. The fraction of sp³-hybridized carbons (Fsp3) is 0.692. The van der Waals surface area contributed by atoms with Crippen molar-refractivity contribution in [2.75, 3.05) is 39.5 Å². The maximum atomic E-state index is 12.4. The van der Waals surface area contributed by atoms with Crippen LogP contribution in [0, 0.1) is 12.8 Å². The quantitative estimate of drug-likeness (QED) is 0.911. The van der Waals surface area contributed by atoms with Crippen LogP contribution in [0.2, 0.25) is 0 Å². The van der Waals surface area contributed by atoms with Crippen LogP contribution in [0.4, 0.5) is 5.13 Å². The molecule has 2 heterocycles. The number of thiazole rings is 1. The van der Waals surface area contributed by atoms with Crippen LogP contribution in [0.5, 0.6) is 0 Å². The van der Waals surface area contributed by atoms with Crippen molar-refractivity contribution in [1.29, 1.82) is 0 Å². The molecule has 0 aromatic carbocycles. The Bertz CT molecular complexity index is 449. The summed E-state index contributed by atoms with van der Waals surface area (Å²) in [5, 5.41) is 0.475. The molecular weight excluding hydrogens is 260 g/mol. The van der Waals surface area contributed by atoms with E-state index < -0.39 is 0 Å². The molecule has 1 fully saturated rings. The number of anilines is 1. The number of hydrogen-bond acceptors (Lipinski definition) is 5. The summed E-state index contributed by atoms with van der Waals surface area (Å²) in [4.78, 5) is 21.4. The highest BCUT2D eigenvalue weighted by Crippen LogP contribution is 2.24. The zero-order valence-corrected chi connectivity index (χ0v) is 12.7. The highest BCUT2D eigenvalue weighted by atomic mass is 32.1. The summed E-state index contributed by atoms with van der Waals surface area (Å²) in [5.41, 5.74) is 6.41. The molecule has 19 heavy (non-hydrogen) atoms. The summed E-state index contributed by atoms with van der Waals surface area (Å²) < 4.78 is 0. The van der Waals surface area contributed by atoms with E-state index >= 15 is 0 Å². The lowest BCUT2D eigenvalue weighted by atomic mass is 9.96. The maximum absolute atomic E-state index is 12.4. The smallest absolute Gasteiger partial charge is 0.265 e. The largest absolute Gasteiger partial charge is 0.375 e. The lowest BCUT2D eigenvalue weighted by Crippen LogP contribution is -2.40. The molecule has 1 saturated heterocycles. The minimum Gasteiger partial charge on any atom is -0.375 e. The minimum atomic E-state index is 0.0926. The Morgan fingerprint density at radius 3 is 2.58 bits per heavy atom. The number of aryl methyl sites for hydroxylation is 1. The van der Waals surface area contributed by atoms with E-state index in [9.17, 15) is 4.79 Å². The Kier molecular flexibility index (Phi) is 4.42. The fourth-order valence-electron chi connectivity index (χ4n) is 2.59. The molecule has 1 aliphatic heterocycles. The first-order valence-corrected chi connectivity index (χ1v) is 7.46. The van der Waals surface area contributed by atoms with E-state index in [1.165, 1.54) is 11.3 Å². The number of carbonyl (C=O) groups excluding carboxylic acids is 1. The third kappa shape index (κ3) is 3.45. The minimum absolute atomic E-state index is 0.0926. The normalized spacial score (nSPS) is 17.2. The second-order valence-corrected chi connectivity index (χ2v) is 6.50. The number of piperidine rings is 1. The van der Waals surface area contributed by atoms with Gasteiger partial charge < -0.3 is 15.5 Å². The number of amides is 1. The van der Waals surface area contributed by atoms with E-state index in [4.69, 9.17) is 5.73 Å². The zero-order chi connectivity index (χ0) is 14.0. The van der Waals surface area contributed by atoms with Crippen LogP contribution in [0.3, 0.4) is 0 Å². The van der Waals surface area contributed by atoms with Crippen molar-refractivity contribution in [3.05, 3.63) is 10.6 Å². The Morgan fingerprint density at radius 2 is 2.11 bits per heavy atom. The summed E-state index contributed by atoms with van der Waals surface area (Å²) >= 11 is 1.29. The average Bonchev–Trinajstić information content (AvgIpc) is 2.68. The van der Waals surface area contributed by atoms with Crippen LogP contribution in [-0.2, 0) is 0 Å². The van der Waals surface area contributed by atoms with Gasteiger partial charge in [0.15, 0.2) is 5.13 Å². The van der Waals surface area contributed by atoms with Crippen molar-refractivity contribution >= 4 is 22.4 Å². The molecule has 1 aromatic heterocycles. The summed E-state index contributed by atoms with van der Waals surface area (Å²) in [6, 6.07) is 0. The Morgan fingerprint density at radius 1 is 1.47 bits per heavy atom. The summed E-state index contributed by atoms with van der Waals surface area (Å²) in [6.07, 6.45) is 2.16. The number of nitrogens with zero attached hydrogens (tertiary/aromatic N) is 3. The maximum Gasteiger partial charge on any atom is 0.265 e. The van der Waals surface area contributed by atoms with Crippen LogP contribution in [-0.4, -0.2) is 54.4 Å². The van der Waals surface area contributed by atoms with E-state index in [0.29, 0.717) is 15.9 Å². The first kappa shape index (κ1) is 14.3. The number of aromatic nitrogens is 1. The van der Waals surface area contributed by atoms with Crippen molar-refractivity contribution < 1.29 is 4.79 Å². The Labute approximate surface area is 118 Å². The molecule has 0 aliphatic carbocycles. The number of nitrogen functional groups attached to an aromatic ring is 1. The summed E-state index contributed by atoms with van der Waals surface area (Å²) in [7, 11) is 4.20. The molecule has 6 heteroatoms. The van der Waals surface area contributed by atoms with Gasteiger partial charge in [0.1, 0.15) is 4.88 Å². The van der Waals surface area contributed by atoms with Crippen molar-refractivity contribution in [3.8, 4) is 0 Å². The molecule has 106 valence electrons. The predicted molar refractivity (Wildman–Crippen MR) is 78.4 cm³/mol. The molecule has 2 rings (SSSR count). The topological polar surface area (TPSA) is 62.5 Å². The molecule has 2 N–H and O–H groups in total. The van der Waals surface area contributed by atoms with Gasteiger partial charge in [-0.2, -0.15) is 0 Å². The number of rotatable bonds is 3. The molecule has 5 nitrogen and oxygen atoms in total. The molecule has 0 saturated carbocycles. The van der Waals surface area contributed by atoms with Crippen molar-refractivity contribution in [2.45, 2.75) is 19.8 Å². The van der Waals surface area contributed by atoms with Gasteiger partial charge in [0.25, 0.3) is 5.91 Å². The fourth-order valence-corrected chi connectivity index (χ4v) is 3.40. The van der Waals surface area contributed by atoms with Gasteiger partial charge in [-0.1, -0.05) is 11.3 Å². The number of nitrogens with two attached hydrogens (primary N) is 1. The Hall–Kier alpha value is -1.14. The van der Waals surface area contributed by atoms with Crippen molar-refractivity contribution in [3.63, 3.8) is 0 Å². The van der Waals surface area contributed by atoms with E-state index in [1.807, 2.05) is 11.8 Å². The van der Waals surface area contributed by atoms with Crippen LogP contribution in [0.1, 0.15) is 28.2 Å². The standard InChI is InChI=1S/C13H22N4OS/c1-9-11(19-13(14)15-9)12(18)17-6-4-10(5-7-17)8-16(2)3/h10H,4-8H2,1-3H3,(H2,14,15). The van der Waals surface area contributed by atoms with Gasteiger partial charge >= 0.3 is 0 Å². The highest BCUT2D eigenvalue weighted by Gasteiger charge is 2.26. The lowest BCUT2D eigenvalue weighted by Gasteiger charge is -2.33. The van der Waals surface area contributed by atoms with Crippen molar-refractivity contribution in [2.24, 2.45) is 5.92 Å². The van der Waals surface area contributed by atoms with Gasteiger partial charge in [0.05, 0.1) is 5.69 Å². The van der Waals surface area contributed by atoms with Crippen LogP contribution >= 0.6 is 11.3 Å². The lowest BCUT2D eigenvalue weighted by molar-refractivity contribution is 0.0682. The van der Waals surface area contributed by atoms with Gasteiger partial charge in [-0.05, 0) is 39.8 Å². The Balaban J connectivity index is 1.94. The molecule has 1 amide bonds. The van der Waals surface area contributed by atoms with Crippen LogP contribution in [0.25, 0.3) is 0 Å². The monoisotopic (exact) mass is 282 g/mol. The zero-order valence-electron chi connectivity index (χ0n) is 11.8. The van der Waals surface area contributed by atoms with Gasteiger partial charge in [0, 0.05) is 19.6 Å². The van der Waals surface area contributed by atoms with Crippen LogP contribution < -0.4 is 5.73 Å². The van der Waals surface area contributed by atoms with E-state index in [1.54, 1.807) is 0 Å². The molecule has 0 spiro atoms. The second-order valence-electron chi connectivity index (χ2n) is 5.46. The SMILES string of the molecule is Cc1nc(N)sc1C(=O)N1CCC(CN(C)C)CC1. The molecule has 0 atom stereocenters. The highest BCUT2D eigenvalue weighted by molar-refractivity contribution is 7.17. The molecule has 0 bridgehead atoms. The predicted octanol–water partition coefficient (Wildman–Crippen LogP) is 1.45. The average molecular weight is 282 g/mol. The van der Waals surface area contributed by atoms with Gasteiger partial charge in [-0.3, -0.25) is 4.79 Å². The second kappa shape index (κ2) is 5.88. The van der Waals surface area contributed by atoms with E-state index in [2.05, 4.69) is 24.0 Å². The van der Waals surface area contributed by atoms with Crippen molar-refractivity contribution in [1.82, 2.24) is 14.8 Å². The third-order valence-electron chi connectivity index (χ3n) is 3.53. The summed E-state index contributed by atoms with van der Waals surface area (Å²) in [5.74, 6) is 0.793. The van der Waals surface area contributed by atoms with E-state index in [0.717, 1.165) is 38.2 Å². The number of hydrogen-bond donors (Lipinski definition) is 1.